The van der Waals surface area contributed by atoms with Crippen LogP contribution in [-0.2, 0) is 0 Å². The highest BCUT2D eigenvalue weighted by atomic mass is 35.5. The van der Waals surface area contributed by atoms with E-state index in [1.54, 1.807) is 18.5 Å². The molecular formula is C15H22ClN3O. The summed E-state index contributed by atoms with van der Waals surface area (Å²) in [7, 11) is 4.04. The van der Waals surface area contributed by atoms with Gasteiger partial charge in [0.2, 0.25) is 0 Å². The van der Waals surface area contributed by atoms with Crippen LogP contribution in [0.5, 0.6) is 0 Å². The van der Waals surface area contributed by atoms with Crippen molar-refractivity contribution in [3.8, 4) is 0 Å². The maximum absolute atomic E-state index is 12.7. The number of hydrogen-bond acceptors (Lipinski definition) is 3. The summed E-state index contributed by atoms with van der Waals surface area (Å²) >= 11 is 6.13. The number of carbonyl (C=O) groups is 1. The number of rotatable bonds is 5. The molecule has 110 valence electrons. The van der Waals surface area contributed by atoms with Crippen LogP contribution in [0, 0.1) is 0 Å². The summed E-state index contributed by atoms with van der Waals surface area (Å²) in [6.07, 6.45) is 7.78. The fourth-order valence-corrected chi connectivity index (χ4v) is 2.85. The molecule has 20 heavy (non-hydrogen) atoms. The standard InChI is InChI=1S/C15H22ClN3O/c1-18(2)9-10-19(12-5-3-4-6-12)15(20)13-11-17-8-7-14(13)16/h7-8,11-12H,3-6,9-10H2,1-2H3. The minimum Gasteiger partial charge on any atom is -0.334 e. The average Bonchev–Trinajstić information content (AvgIpc) is 2.93. The Kier molecular flexibility index (Phi) is 5.38. The summed E-state index contributed by atoms with van der Waals surface area (Å²) < 4.78 is 0. The predicted molar refractivity (Wildman–Crippen MR) is 81.1 cm³/mol. The fourth-order valence-electron chi connectivity index (χ4n) is 2.66. The number of amides is 1. The number of hydrogen-bond donors (Lipinski definition) is 0. The fraction of sp³-hybridized carbons (Fsp3) is 0.600. The molecule has 0 aliphatic heterocycles. The van der Waals surface area contributed by atoms with Crippen molar-refractivity contribution >= 4 is 17.5 Å². The van der Waals surface area contributed by atoms with Crippen LogP contribution in [0.4, 0.5) is 0 Å². The zero-order valence-corrected chi connectivity index (χ0v) is 12.9. The topological polar surface area (TPSA) is 36.4 Å². The lowest BCUT2D eigenvalue weighted by molar-refractivity contribution is 0.0667. The maximum atomic E-state index is 12.7. The summed E-state index contributed by atoms with van der Waals surface area (Å²) in [4.78, 5) is 20.9. The molecule has 0 unspecified atom stereocenters. The Morgan fingerprint density at radius 3 is 2.65 bits per heavy atom. The monoisotopic (exact) mass is 295 g/mol. The Hall–Kier alpha value is -1.13. The molecule has 1 aliphatic carbocycles. The zero-order chi connectivity index (χ0) is 14.5. The summed E-state index contributed by atoms with van der Waals surface area (Å²) in [6, 6.07) is 2.02. The molecule has 0 saturated heterocycles. The van der Waals surface area contributed by atoms with Gasteiger partial charge in [0.15, 0.2) is 0 Å². The number of nitrogens with zero attached hydrogens (tertiary/aromatic N) is 3. The normalized spacial score (nSPS) is 15.8. The molecule has 0 radical (unpaired) electrons. The van der Waals surface area contributed by atoms with Gasteiger partial charge in [-0.25, -0.2) is 0 Å². The lowest BCUT2D eigenvalue weighted by atomic mass is 10.1. The molecule has 1 heterocycles. The molecule has 0 aromatic carbocycles. The minimum absolute atomic E-state index is 0.0110. The van der Waals surface area contributed by atoms with Crippen LogP contribution in [0.1, 0.15) is 36.0 Å². The highest BCUT2D eigenvalue weighted by Gasteiger charge is 2.28. The van der Waals surface area contributed by atoms with Crippen LogP contribution >= 0.6 is 11.6 Å². The van der Waals surface area contributed by atoms with Crippen LogP contribution < -0.4 is 0 Å². The molecule has 2 rings (SSSR count). The average molecular weight is 296 g/mol. The molecule has 1 amide bonds. The molecule has 0 N–H and O–H groups in total. The third-order valence-electron chi connectivity index (χ3n) is 3.81. The number of likely N-dealkylation sites (N-methyl/N-ethyl adjacent to an activating group) is 1. The van der Waals surface area contributed by atoms with E-state index in [1.165, 1.54) is 12.8 Å². The molecule has 0 atom stereocenters. The highest BCUT2D eigenvalue weighted by Crippen LogP contribution is 2.26. The number of pyridine rings is 1. The lowest BCUT2D eigenvalue weighted by Gasteiger charge is -2.30. The predicted octanol–water partition coefficient (Wildman–Crippen LogP) is 2.68. The molecular weight excluding hydrogens is 274 g/mol. The van der Waals surface area contributed by atoms with Gasteiger partial charge in [-0.2, -0.15) is 0 Å². The molecule has 1 saturated carbocycles. The molecule has 1 aromatic heterocycles. The van der Waals surface area contributed by atoms with Gasteiger partial charge in [-0.05, 0) is 33.0 Å². The van der Waals surface area contributed by atoms with Gasteiger partial charge in [0.25, 0.3) is 5.91 Å². The van der Waals surface area contributed by atoms with Crippen molar-refractivity contribution in [2.24, 2.45) is 0 Å². The zero-order valence-electron chi connectivity index (χ0n) is 12.2. The van der Waals surface area contributed by atoms with E-state index in [-0.39, 0.29) is 5.91 Å². The van der Waals surface area contributed by atoms with E-state index in [0.717, 1.165) is 25.9 Å². The van der Waals surface area contributed by atoms with Gasteiger partial charge >= 0.3 is 0 Å². The summed E-state index contributed by atoms with van der Waals surface area (Å²) in [6.45, 7) is 1.60. The van der Waals surface area contributed by atoms with Gasteiger partial charge in [-0.1, -0.05) is 24.4 Å². The molecule has 0 spiro atoms. The van der Waals surface area contributed by atoms with Crippen molar-refractivity contribution in [2.45, 2.75) is 31.7 Å². The molecule has 1 aliphatic rings. The van der Waals surface area contributed by atoms with Crippen molar-refractivity contribution < 1.29 is 4.79 Å². The first-order valence-electron chi connectivity index (χ1n) is 7.15. The van der Waals surface area contributed by atoms with Crippen molar-refractivity contribution in [1.29, 1.82) is 0 Å². The smallest absolute Gasteiger partial charge is 0.257 e. The van der Waals surface area contributed by atoms with Crippen LogP contribution in [0.2, 0.25) is 5.02 Å². The summed E-state index contributed by atoms with van der Waals surface area (Å²) in [5.74, 6) is 0.0110. The first kappa shape index (κ1) is 15.3. The van der Waals surface area contributed by atoms with E-state index in [2.05, 4.69) is 9.88 Å². The number of aromatic nitrogens is 1. The van der Waals surface area contributed by atoms with Gasteiger partial charge in [-0.3, -0.25) is 9.78 Å². The minimum atomic E-state index is 0.0110. The summed E-state index contributed by atoms with van der Waals surface area (Å²) in [5.41, 5.74) is 0.514. The molecule has 0 bridgehead atoms. The van der Waals surface area contributed by atoms with Gasteiger partial charge < -0.3 is 9.80 Å². The number of halogens is 1. The van der Waals surface area contributed by atoms with Crippen LogP contribution in [0.15, 0.2) is 18.5 Å². The third-order valence-corrected chi connectivity index (χ3v) is 4.14. The van der Waals surface area contributed by atoms with Gasteiger partial charge in [-0.15, -0.1) is 0 Å². The maximum Gasteiger partial charge on any atom is 0.257 e. The van der Waals surface area contributed by atoms with E-state index >= 15 is 0 Å². The Balaban J connectivity index is 2.16. The largest absolute Gasteiger partial charge is 0.334 e. The van der Waals surface area contributed by atoms with Crippen molar-refractivity contribution in [3.63, 3.8) is 0 Å². The van der Waals surface area contributed by atoms with E-state index in [4.69, 9.17) is 11.6 Å². The van der Waals surface area contributed by atoms with E-state index in [1.807, 2.05) is 19.0 Å². The molecule has 1 aromatic rings. The van der Waals surface area contributed by atoms with Crippen LogP contribution in [0.25, 0.3) is 0 Å². The first-order valence-corrected chi connectivity index (χ1v) is 7.52. The van der Waals surface area contributed by atoms with Gasteiger partial charge in [0.05, 0.1) is 10.6 Å². The van der Waals surface area contributed by atoms with E-state index in [0.29, 0.717) is 16.6 Å². The van der Waals surface area contributed by atoms with Crippen molar-refractivity contribution in [3.05, 3.63) is 29.0 Å². The SMILES string of the molecule is CN(C)CCN(C(=O)c1cnccc1Cl)C1CCCC1. The Morgan fingerprint density at radius 2 is 2.05 bits per heavy atom. The van der Waals surface area contributed by atoms with Gasteiger partial charge in [0, 0.05) is 31.5 Å². The van der Waals surface area contributed by atoms with Crippen molar-refractivity contribution in [2.75, 3.05) is 27.2 Å². The Bertz CT molecular complexity index is 458. The van der Waals surface area contributed by atoms with Crippen LogP contribution in [-0.4, -0.2) is 53.9 Å². The van der Waals surface area contributed by atoms with E-state index in [9.17, 15) is 4.79 Å². The second-order valence-corrected chi connectivity index (χ2v) is 6.00. The molecule has 1 fully saturated rings. The second-order valence-electron chi connectivity index (χ2n) is 5.60. The van der Waals surface area contributed by atoms with Gasteiger partial charge in [0.1, 0.15) is 0 Å². The Labute approximate surface area is 125 Å². The van der Waals surface area contributed by atoms with Crippen LogP contribution in [0.3, 0.4) is 0 Å². The third kappa shape index (κ3) is 3.70. The lowest BCUT2D eigenvalue weighted by Crippen LogP contribution is -2.42. The van der Waals surface area contributed by atoms with Crippen molar-refractivity contribution in [1.82, 2.24) is 14.8 Å². The van der Waals surface area contributed by atoms with E-state index < -0.39 is 0 Å². The first-order chi connectivity index (χ1) is 9.59. The summed E-state index contributed by atoms with van der Waals surface area (Å²) in [5, 5.41) is 0.484. The molecule has 5 heteroatoms. The molecule has 4 nitrogen and oxygen atoms in total. The second kappa shape index (κ2) is 7.04. The number of carbonyl (C=O) groups excluding carboxylic acids is 1. The Morgan fingerprint density at radius 1 is 1.35 bits per heavy atom. The quantitative estimate of drug-likeness (QED) is 0.838. The highest BCUT2D eigenvalue weighted by molar-refractivity contribution is 6.33.